The first-order chi connectivity index (χ1) is 9.74. The highest BCUT2D eigenvalue weighted by molar-refractivity contribution is 5.72. The Morgan fingerprint density at radius 3 is 2.33 bits per heavy atom. The quantitative estimate of drug-likeness (QED) is 0.791. The van der Waals surface area contributed by atoms with Crippen LogP contribution in [0, 0.1) is 13.8 Å². The van der Waals surface area contributed by atoms with Crippen molar-refractivity contribution < 1.29 is 9.53 Å². The molecule has 4 nitrogen and oxygen atoms in total. The molecule has 1 aromatic heterocycles. The lowest BCUT2D eigenvalue weighted by Crippen LogP contribution is -2.39. The maximum Gasteiger partial charge on any atom is 0.410 e. The Bertz CT molecular complexity index is 550. The van der Waals surface area contributed by atoms with Gasteiger partial charge in [-0.2, -0.15) is 0 Å². The van der Waals surface area contributed by atoms with Gasteiger partial charge in [-0.25, -0.2) is 4.79 Å². The van der Waals surface area contributed by atoms with Crippen LogP contribution in [0.3, 0.4) is 0 Å². The molecule has 0 aromatic carbocycles. The summed E-state index contributed by atoms with van der Waals surface area (Å²) in [6.07, 6.45) is 2.73. The number of aryl methyl sites for hydroxylation is 2. The summed E-state index contributed by atoms with van der Waals surface area (Å²) in [5, 5.41) is 0. The van der Waals surface area contributed by atoms with Gasteiger partial charge in [0.1, 0.15) is 5.60 Å². The van der Waals surface area contributed by atoms with Crippen LogP contribution in [0.4, 0.5) is 4.79 Å². The van der Waals surface area contributed by atoms with Crippen LogP contribution in [0.1, 0.15) is 44.1 Å². The third-order valence-corrected chi connectivity index (χ3v) is 3.31. The van der Waals surface area contributed by atoms with Crippen molar-refractivity contribution in [2.24, 2.45) is 0 Å². The van der Waals surface area contributed by atoms with E-state index < -0.39 is 5.60 Å². The van der Waals surface area contributed by atoms with Crippen LogP contribution in [0.15, 0.2) is 18.2 Å². The van der Waals surface area contributed by atoms with E-state index in [4.69, 9.17) is 4.74 Å². The second-order valence-electron chi connectivity index (χ2n) is 6.54. The number of hydrogen-bond acceptors (Lipinski definition) is 3. The average Bonchev–Trinajstić information content (AvgIpc) is 2.35. The van der Waals surface area contributed by atoms with Gasteiger partial charge in [0, 0.05) is 24.5 Å². The van der Waals surface area contributed by atoms with Gasteiger partial charge in [0.2, 0.25) is 0 Å². The molecule has 0 aliphatic carbocycles. The van der Waals surface area contributed by atoms with Gasteiger partial charge < -0.3 is 9.64 Å². The van der Waals surface area contributed by atoms with Crippen LogP contribution in [-0.4, -0.2) is 34.7 Å². The van der Waals surface area contributed by atoms with Gasteiger partial charge in [0.05, 0.1) is 0 Å². The Morgan fingerprint density at radius 1 is 1.24 bits per heavy atom. The number of amides is 1. The summed E-state index contributed by atoms with van der Waals surface area (Å²) in [6.45, 7) is 11.0. The van der Waals surface area contributed by atoms with Crippen molar-refractivity contribution in [2.75, 3.05) is 13.1 Å². The minimum Gasteiger partial charge on any atom is -0.444 e. The van der Waals surface area contributed by atoms with Crippen molar-refractivity contribution in [3.63, 3.8) is 0 Å². The molecule has 2 rings (SSSR count). The maximum atomic E-state index is 12.0. The zero-order valence-corrected chi connectivity index (χ0v) is 13.6. The lowest BCUT2D eigenvalue weighted by molar-refractivity contribution is 0.0270. The molecule has 4 heteroatoms. The lowest BCUT2D eigenvalue weighted by atomic mass is 9.99. The maximum absolute atomic E-state index is 12.0. The van der Waals surface area contributed by atoms with Crippen molar-refractivity contribution in [1.29, 1.82) is 0 Å². The Kier molecular flexibility index (Phi) is 4.35. The minimum atomic E-state index is -0.444. The Hall–Kier alpha value is -1.84. The van der Waals surface area contributed by atoms with Crippen molar-refractivity contribution in [2.45, 2.75) is 46.6 Å². The third kappa shape index (κ3) is 4.31. The van der Waals surface area contributed by atoms with Crippen molar-refractivity contribution in [3.05, 3.63) is 35.2 Å². The molecule has 0 saturated carbocycles. The van der Waals surface area contributed by atoms with Crippen molar-refractivity contribution in [3.8, 4) is 0 Å². The molecule has 114 valence electrons. The molecule has 0 atom stereocenters. The molecule has 0 bridgehead atoms. The number of carbonyl (C=O) groups excluding carboxylic acids is 1. The fourth-order valence-electron chi connectivity index (χ4n) is 2.44. The third-order valence-electron chi connectivity index (χ3n) is 3.31. The molecule has 0 fully saturated rings. The van der Waals surface area contributed by atoms with E-state index in [1.54, 1.807) is 4.90 Å². The summed E-state index contributed by atoms with van der Waals surface area (Å²) in [5.41, 5.74) is 4.11. The molecule has 1 aromatic rings. The number of nitrogens with zero attached hydrogens (tertiary/aromatic N) is 2. The number of hydrogen-bond donors (Lipinski definition) is 0. The molecule has 2 heterocycles. The molecular formula is C17H24N2O2. The van der Waals surface area contributed by atoms with Crippen LogP contribution in [-0.2, 0) is 4.74 Å². The van der Waals surface area contributed by atoms with Crippen molar-refractivity contribution in [1.82, 2.24) is 9.88 Å². The van der Waals surface area contributed by atoms with Gasteiger partial charge in [-0.1, -0.05) is 6.08 Å². The topological polar surface area (TPSA) is 42.4 Å². The van der Waals surface area contributed by atoms with Gasteiger partial charge >= 0.3 is 6.09 Å². The number of pyridine rings is 1. The molecule has 0 saturated heterocycles. The van der Waals surface area contributed by atoms with E-state index in [0.29, 0.717) is 13.1 Å². The highest BCUT2D eigenvalue weighted by Crippen LogP contribution is 2.24. The first-order valence-corrected chi connectivity index (χ1v) is 7.37. The molecular weight excluding hydrogens is 264 g/mol. The van der Waals surface area contributed by atoms with E-state index in [2.05, 4.69) is 23.2 Å². The summed E-state index contributed by atoms with van der Waals surface area (Å²) in [4.78, 5) is 18.2. The Labute approximate surface area is 126 Å². The zero-order chi connectivity index (χ0) is 15.6. The van der Waals surface area contributed by atoms with E-state index >= 15 is 0 Å². The van der Waals surface area contributed by atoms with E-state index in [0.717, 1.165) is 17.8 Å². The molecule has 1 aliphatic heterocycles. The van der Waals surface area contributed by atoms with Crippen LogP contribution < -0.4 is 0 Å². The van der Waals surface area contributed by atoms with Gasteiger partial charge in [-0.15, -0.1) is 0 Å². The van der Waals surface area contributed by atoms with Gasteiger partial charge in [0.25, 0.3) is 0 Å². The number of carbonyl (C=O) groups is 1. The predicted octanol–water partition coefficient (Wildman–Crippen LogP) is 3.72. The summed E-state index contributed by atoms with van der Waals surface area (Å²) in [5.74, 6) is 0. The fraction of sp³-hybridized carbons (Fsp3) is 0.529. The molecule has 0 radical (unpaired) electrons. The molecule has 0 spiro atoms. The smallest absolute Gasteiger partial charge is 0.410 e. The molecule has 1 amide bonds. The highest BCUT2D eigenvalue weighted by atomic mass is 16.6. The van der Waals surface area contributed by atoms with Gasteiger partial charge in [-0.05, 0) is 64.3 Å². The van der Waals surface area contributed by atoms with E-state index in [-0.39, 0.29) is 6.09 Å². The number of aromatic nitrogens is 1. The summed E-state index contributed by atoms with van der Waals surface area (Å²) < 4.78 is 5.40. The second kappa shape index (κ2) is 5.88. The van der Waals surface area contributed by atoms with E-state index in [1.165, 1.54) is 11.1 Å². The first kappa shape index (κ1) is 15.5. The standard InChI is InChI=1S/C17H24N2O2/c1-12-10-15(11-13(2)18-12)14-6-8-19(9-7-14)16(20)21-17(3,4)5/h6,10-11H,7-9H2,1-5H3. The Balaban J connectivity index is 2.06. The van der Waals surface area contributed by atoms with Gasteiger partial charge in [0.15, 0.2) is 0 Å². The molecule has 0 N–H and O–H groups in total. The van der Waals surface area contributed by atoms with Crippen molar-refractivity contribution >= 4 is 11.7 Å². The first-order valence-electron chi connectivity index (χ1n) is 7.37. The largest absolute Gasteiger partial charge is 0.444 e. The number of rotatable bonds is 1. The van der Waals surface area contributed by atoms with Crippen LogP contribution in [0.5, 0.6) is 0 Å². The monoisotopic (exact) mass is 288 g/mol. The molecule has 1 aliphatic rings. The SMILES string of the molecule is Cc1cc(C2=CCN(C(=O)OC(C)(C)C)CC2)cc(C)n1. The van der Waals surface area contributed by atoms with Gasteiger partial charge in [-0.3, -0.25) is 4.98 Å². The van der Waals surface area contributed by atoms with Crippen LogP contribution in [0.2, 0.25) is 0 Å². The number of ether oxygens (including phenoxy) is 1. The molecule has 0 unspecified atom stereocenters. The van der Waals surface area contributed by atoms with Crippen LogP contribution in [0.25, 0.3) is 5.57 Å². The normalized spacial score (nSPS) is 15.7. The zero-order valence-electron chi connectivity index (χ0n) is 13.6. The fourth-order valence-corrected chi connectivity index (χ4v) is 2.44. The minimum absolute atomic E-state index is 0.236. The van der Waals surface area contributed by atoms with E-state index in [1.807, 2.05) is 34.6 Å². The van der Waals surface area contributed by atoms with E-state index in [9.17, 15) is 4.79 Å². The summed E-state index contributed by atoms with van der Waals surface area (Å²) >= 11 is 0. The molecule has 21 heavy (non-hydrogen) atoms. The summed E-state index contributed by atoms with van der Waals surface area (Å²) in [7, 11) is 0. The van der Waals surface area contributed by atoms with Crippen LogP contribution >= 0.6 is 0 Å². The summed E-state index contributed by atoms with van der Waals surface area (Å²) in [6, 6.07) is 4.20. The second-order valence-corrected chi connectivity index (χ2v) is 6.54. The predicted molar refractivity (Wildman–Crippen MR) is 84.1 cm³/mol. The lowest BCUT2D eigenvalue weighted by Gasteiger charge is -2.29. The average molecular weight is 288 g/mol. The Morgan fingerprint density at radius 2 is 1.86 bits per heavy atom. The highest BCUT2D eigenvalue weighted by Gasteiger charge is 2.23.